The topological polar surface area (TPSA) is 207 Å². The first-order valence-electron chi connectivity index (χ1n) is 22.4. The van der Waals surface area contributed by atoms with E-state index in [4.69, 9.17) is 4.74 Å². The van der Waals surface area contributed by atoms with Gasteiger partial charge in [-0.05, 0) is 146 Å². The van der Waals surface area contributed by atoms with E-state index in [1.165, 1.54) is 0 Å². The summed E-state index contributed by atoms with van der Waals surface area (Å²) in [6.45, 7) is 13.3. The van der Waals surface area contributed by atoms with Crippen LogP contribution in [0.1, 0.15) is 85.6 Å². The van der Waals surface area contributed by atoms with Crippen molar-refractivity contribution >= 4 is 62.5 Å². The maximum atomic E-state index is 13.4. The number of benzene rings is 3. The number of likely N-dealkylation sites (tertiary alicyclic amines) is 1. The third kappa shape index (κ3) is 11.1. The summed E-state index contributed by atoms with van der Waals surface area (Å²) in [6, 6.07) is 19.0. The first-order valence-corrected chi connectivity index (χ1v) is 23.9. The SMILES string of the molecule is Cc1cnc(Nc2ccc(OCCN3CCC(CN[C@H]4CCCN(c5ccc6c(c5)C(=O)N(C5CCC(=O)NC5=O)C6=O)C4)CC3)cc2)nc1Nc1cccc(S(=O)(=O)NC(C)(C)C)c1. The molecule has 1 aromatic heterocycles. The maximum Gasteiger partial charge on any atom is 0.262 e. The van der Waals surface area contributed by atoms with Crippen molar-refractivity contribution in [3.8, 4) is 5.75 Å². The number of hydrogen-bond acceptors (Lipinski definition) is 14. The summed E-state index contributed by atoms with van der Waals surface area (Å²) in [5.74, 6) is 0.320. The molecular weight excluding hydrogens is 849 g/mol. The van der Waals surface area contributed by atoms with Crippen molar-refractivity contribution in [3.63, 3.8) is 0 Å². The van der Waals surface area contributed by atoms with Gasteiger partial charge in [0.1, 0.15) is 24.2 Å². The minimum Gasteiger partial charge on any atom is -0.492 e. The summed E-state index contributed by atoms with van der Waals surface area (Å²) < 4.78 is 34.6. The molecule has 5 heterocycles. The van der Waals surface area contributed by atoms with E-state index >= 15 is 0 Å². The van der Waals surface area contributed by atoms with Crippen molar-refractivity contribution in [1.29, 1.82) is 0 Å². The number of fused-ring (bicyclic) bond motifs is 1. The summed E-state index contributed by atoms with van der Waals surface area (Å²) in [4.78, 5) is 65.7. The summed E-state index contributed by atoms with van der Waals surface area (Å²) >= 11 is 0. The molecule has 4 aromatic rings. The molecule has 1 unspecified atom stereocenters. The molecule has 8 rings (SSSR count). The largest absolute Gasteiger partial charge is 0.492 e. The second-order valence-corrected chi connectivity index (χ2v) is 20.1. The van der Waals surface area contributed by atoms with Gasteiger partial charge in [0.05, 0.1) is 16.0 Å². The third-order valence-electron chi connectivity index (χ3n) is 12.2. The Kier molecular flexibility index (Phi) is 13.5. The van der Waals surface area contributed by atoms with Gasteiger partial charge < -0.3 is 25.6 Å². The van der Waals surface area contributed by atoms with Crippen LogP contribution in [0.5, 0.6) is 5.75 Å². The number of rotatable bonds is 15. The Morgan fingerprint density at radius 2 is 1.63 bits per heavy atom. The molecule has 18 heteroatoms. The summed E-state index contributed by atoms with van der Waals surface area (Å²) in [7, 11) is -3.70. The molecule has 65 heavy (non-hydrogen) atoms. The molecule has 0 aliphatic carbocycles. The smallest absolute Gasteiger partial charge is 0.262 e. The third-order valence-corrected chi connectivity index (χ3v) is 14.0. The normalized spacial score (nSPS) is 19.9. The second kappa shape index (κ2) is 19.3. The van der Waals surface area contributed by atoms with E-state index in [1.807, 2.05) is 37.3 Å². The maximum absolute atomic E-state index is 13.4. The van der Waals surface area contributed by atoms with E-state index < -0.39 is 45.2 Å². The van der Waals surface area contributed by atoms with Crippen LogP contribution in [0.2, 0.25) is 0 Å². The number of carbonyl (C=O) groups excluding carboxylic acids is 4. The monoisotopic (exact) mass is 906 g/mol. The minimum absolute atomic E-state index is 0.0899. The average molecular weight is 907 g/mol. The molecule has 17 nitrogen and oxygen atoms in total. The fourth-order valence-electron chi connectivity index (χ4n) is 8.81. The van der Waals surface area contributed by atoms with E-state index in [1.54, 1.807) is 63.4 Å². The van der Waals surface area contributed by atoms with Gasteiger partial charge in [-0.2, -0.15) is 4.98 Å². The van der Waals surface area contributed by atoms with Gasteiger partial charge in [0, 0.05) is 66.5 Å². The van der Waals surface area contributed by atoms with Gasteiger partial charge in [0.2, 0.25) is 27.8 Å². The van der Waals surface area contributed by atoms with E-state index in [9.17, 15) is 27.6 Å². The van der Waals surface area contributed by atoms with Crippen molar-refractivity contribution in [2.75, 3.05) is 61.4 Å². The van der Waals surface area contributed by atoms with Crippen molar-refractivity contribution < 1.29 is 32.3 Å². The number of nitrogens with one attached hydrogen (secondary N) is 5. The molecule has 0 bridgehead atoms. The van der Waals surface area contributed by atoms with E-state index in [2.05, 4.69) is 45.8 Å². The fourth-order valence-corrected chi connectivity index (χ4v) is 10.3. The lowest BCUT2D eigenvalue weighted by atomic mass is 9.95. The number of amides is 4. The number of carbonyl (C=O) groups is 4. The molecule has 344 valence electrons. The Balaban J connectivity index is 0.748. The molecule has 0 radical (unpaired) electrons. The highest BCUT2D eigenvalue weighted by Crippen LogP contribution is 2.32. The Morgan fingerprint density at radius 1 is 0.862 bits per heavy atom. The molecule has 3 aromatic carbocycles. The van der Waals surface area contributed by atoms with E-state index in [0.29, 0.717) is 47.1 Å². The number of ether oxygens (including phenoxy) is 1. The Morgan fingerprint density at radius 3 is 2.38 bits per heavy atom. The van der Waals surface area contributed by atoms with Crippen molar-refractivity contribution in [3.05, 3.63) is 89.6 Å². The molecule has 0 saturated carbocycles. The van der Waals surface area contributed by atoms with Crippen LogP contribution < -0.4 is 35.6 Å². The zero-order valence-electron chi connectivity index (χ0n) is 37.4. The number of nitrogens with zero attached hydrogens (tertiary/aromatic N) is 5. The fraction of sp³-hybridized carbons (Fsp3) is 0.447. The standard InChI is InChI=1S/C47H58N10O7S/c1-30-27-49-46(53-42(30)50-33-7-5-9-37(25-33)65(62,63)54-47(2,3)4)51-32-10-13-36(14-11-32)64-24-23-55-21-18-31(19-22-55)28-48-34-8-6-20-56(29-34)35-12-15-38-39(26-35)45(61)57(44(38)60)40-16-17-41(58)52-43(40)59/h5,7,9-15,25-27,31,34,40,48,54H,6,8,16-24,28-29H2,1-4H3,(H,52,58,59)(H2,49,50,51,53)/t34-,40?/m0/s1. The van der Waals surface area contributed by atoms with Gasteiger partial charge in [0.15, 0.2) is 0 Å². The first kappa shape index (κ1) is 45.6. The average Bonchev–Trinajstić information content (AvgIpc) is 3.52. The molecule has 2 atom stereocenters. The lowest BCUT2D eigenvalue weighted by molar-refractivity contribution is -0.136. The van der Waals surface area contributed by atoms with Crippen LogP contribution in [0.15, 0.2) is 77.8 Å². The number of hydrogen-bond donors (Lipinski definition) is 5. The van der Waals surface area contributed by atoms with Gasteiger partial charge in [-0.25, -0.2) is 18.1 Å². The van der Waals surface area contributed by atoms with Gasteiger partial charge in [-0.15, -0.1) is 0 Å². The predicted molar refractivity (Wildman–Crippen MR) is 247 cm³/mol. The predicted octanol–water partition coefficient (Wildman–Crippen LogP) is 5.10. The minimum atomic E-state index is -3.70. The Bertz CT molecular complexity index is 2540. The summed E-state index contributed by atoms with van der Waals surface area (Å²) in [5.41, 5.74) is 3.05. The Hall–Kier alpha value is -5.95. The van der Waals surface area contributed by atoms with Crippen LogP contribution in [0.3, 0.4) is 0 Å². The van der Waals surface area contributed by atoms with Crippen molar-refractivity contribution in [1.82, 2.24) is 35.1 Å². The van der Waals surface area contributed by atoms with Crippen LogP contribution in [0.4, 0.5) is 28.8 Å². The van der Waals surface area contributed by atoms with Crippen LogP contribution in [0, 0.1) is 12.8 Å². The summed E-state index contributed by atoms with van der Waals surface area (Å²) in [5, 5.41) is 12.6. The zero-order valence-corrected chi connectivity index (χ0v) is 38.2. The number of imide groups is 2. The van der Waals surface area contributed by atoms with Crippen molar-refractivity contribution in [2.45, 2.75) is 88.7 Å². The van der Waals surface area contributed by atoms with Crippen LogP contribution >= 0.6 is 0 Å². The van der Waals surface area contributed by atoms with Crippen molar-refractivity contribution in [2.24, 2.45) is 5.92 Å². The highest BCUT2D eigenvalue weighted by molar-refractivity contribution is 7.89. The number of piperidine rings is 3. The lowest BCUT2D eigenvalue weighted by Gasteiger charge is -2.37. The van der Waals surface area contributed by atoms with Crippen LogP contribution in [0.25, 0.3) is 0 Å². The molecule has 3 saturated heterocycles. The van der Waals surface area contributed by atoms with Gasteiger partial charge >= 0.3 is 0 Å². The quantitative estimate of drug-likeness (QED) is 0.0985. The highest BCUT2D eigenvalue weighted by atomic mass is 32.2. The molecule has 5 N–H and O–H groups in total. The number of aromatic nitrogens is 2. The zero-order chi connectivity index (χ0) is 45.9. The molecule has 4 aliphatic rings. The van der Waals surface area contributed by atoms with Gasteiger partial charge in [-0.3, -0.25) is 34.3 Å². The van der Waals surface area contributed by atoms with E-state index in [0.717, 1.165) is 92.5 Å². The molecule has 4 amide bonds. The van der Waals surface area contributed by atoms with E-state index in [-0.39, 0.29) is 17.7 Å². The molecule has 0 spiro atoms. The lowest BCUT2D eigenvalue weighted by Crippen LogP contribution is -2.54. The highest BCUT2D eigenvalue weighted by Gasteiger charge is 2.45. The first-order chi connectivity index (χ1) is 31.1. The Labute approximate surface area is 380 Å². The van der Waals surface area contributed by atoms with Crippen LogP contribution in [-0.2, 0) is 19.6 Å². The number of sulfonamides is 1. The second-order valence-electron chi connectivity index (χ2n) is 18.4. The number of aryl methyl sites for hydroxylation is 1. The molecule has 3 fully saturated rings. The van der Waals surface area contributed by atoms with Gasteiger partial charge in [-0.1, -0.05) is 6.07 Å². The molecular formula is C47H58N10O7S. The van der Waals surface area contributed by atoms with Gasteiger partial charge in [0.25, 0.3) is 11.8 Å². The molecule has 4 aliphatic heterocycles. The van der Waals surface area contributed by atoms with Crippen LogP contribution in [-0.4, -0.2) is 115 Å². The summed E-state index contributed by atoms with van der Waals surface area (Å²) in [6.07, 6.45) is 6.22. The number of anilines is 5.